The molecule has 0 bridgehead atoms. The highest BCUT2D eigenvalue weighted by molar-refractivity contribution is 5.93. The van der Waals surface area contributed by atoms with Crippen molar-refractivity contribution in [2.45, 2.75) is 77.2 Å². The Labute approximate surface area is 150 Å². The average molecular weight is 342 g/mol. The number of carbonyl (C=O) groups is 1. The molecule has 0 atom stereocenters. The first kappa shape index (κ1) is 17.9. The molecular formula is C20H30N4O. The fourth-order valence-corrected chi connectivity index (χ4v) is 3.76. The normalized spacial score (nSPS) is 18.5. The third-order valence-electron chi connectivity index (χ3n) is 5.15. The van der Waals surface area contributed by atoms with E-state index >= 15 is 0 Å². The predicted octanol–water partition coefficient (Wildman–Crippen LogP) is 4.15. The molecule has 2 N–H and O–H groups in total. The van der Waals surface area contributed by atoms with Crippen LogP contribution in [0.4, 0.5) is 5.82 Å². The summed E-state index contributed by atoms with van der Waals surface area (Å²) in [5.74, 6) is 1.31. The Kier molecular flexibility index (Phi) is 6.42. The monoisotopic (exact) mass is 342 g/mol. The third kappa shape index (κ3) is 5.55. The quantitative estimate of drug-likeness (QED) is 0.762. The van der Waals surface area contributed by atoms with Gasteiger partial charge >= 0.3 is 0 Å². The lowest BCUT2D eigenvalue weighted by atomic mass is 9.95. The van der Waals surface area contributed by atoms with Gasteiger partial charge in [0.15, 0.2) is 0 Å². The summed E-state index contributed by atoms with van der Waals surface area (Å²) in [6.45, 7) is 2.69. The Balaban J connectivity index is 1.55. The molecule has 1 saturated carbocycles. The summed E-state index contributed by atoms with van der Waals surface area (Å²) in [6.07, 6.45) is 14.3. The van der Waals surface area contributed by atoms with Crippen molar-refractivity contribution in [2.75, 3.05) is 11.9 Å². The van der Waals surface area contributed by atoms with Gasteiger partial charge in [0, 0.05) is 18.7 Å². The molecule has 25 heavy (non-hydrogen) atoms. The molecule has 1 amide bonds. The lowest BCUT2D eigenvalue weighted by Gasteiger charge is -2.22. The molecule has 1 aromatic heterocycles. The first-order chi connectivity index (χ1) is 12.2. The Bertz CT molecular complexity index is 620. The highest BCUT2D eigenvalue weighted by atomic mass is 16.1. The summed E-state index contributed by atoms with van der Waals surface area (Å²) in [5.41, 5.74) is 2.01. The number of allylic oxidation sites excluding steroid dienone is 1. The second-order valence-electron chi connectivity index (χ2n) is 7.28. The lowest BCUT2D eigenvalue weighted by Crippen LogP contribution is -2.36. The van der Waals surface area contributed by atoms with Gasteiger partial charge in [-0.15, -0.1) is 0 Å². The number of hydrogen-bond donors (Lipinski definition) is 2. The molecule has 0 aliphatic heterocycles. The van der Waals surface area contributed by atoms with Crippen LogP contribution >= 0.6 is 0 Å². The van der Waals surface area contributed by atoms with Crippen LogP contribution < -0.4 is 10.6 Å². The van der Waals surface area contributed by atoms with E-state index in [1.807, 2.05) is 6.92 Å². The predicted molar refractivity (Wildman–Crippen MR) is 101 cm³/mol. The lowest BCUT2D eigenvalue weighted by molar-refractivity contribution is 0.0922. The third-order valence-corrected chi connectivity index (χ3v) is 5.15. The first-order valence-corrected chi connectivity index (χ1v) is 9.79. The van der Waals surface area contributed by atoms with Crippen LogP contribution in [0.1, 0.15) is 80.5 Å². The smallest absolute Gasteiger partial charge is 0.270 e. The van der Waals surface area contributed by atoms with E-state index in [1.165, 1.54) is 44.9 Å². The Morgan fingerprint density at radius 1 is 1.16 bits per heavy atom. The van der Waals surface area contributed by atoms with Gasteiger partial charge in [0.1, 0.15) is 17.3 Å². The van der Waals surface area contributed by atoms with Gasteiger partial charge in [-0.1, -0.05) is 30.9 Å². The van der Waals surface area contributed by atoms with Gasteiger partial charge in [0.05, 0.1) is 0 Å². The molecule has 1 fully saturated rings. The van der Waals surface area contributed by atoms with E-state index in [-0.39, 0.29) is 5.91 Å². The standard InChI is InChI=1S/C20H30N4O/c1-15-22-18(20(25)24-17-10-6-3-7-11-17)14-19(23-15)21-13-12-16-8-4-2-5-9-16/h8,14,17H,2-7,9-13H2,1H3,(H,24,25)(H,21,22,23). The summed E-state index contributed by atoms with van der Waals surface area (Å²) in [5, 5.41) is 6.49. The van der Waals surface area contributed by atoms with E-state index in [0.29, 0.717) is 17.6 Å². The number of carbonyl (C=O) groups excluding carboxylic acids is 1. The molecule has 0 unspecified atom stereocenters. The van der Waals surface area contributed by atoms with Crippen molar-refractivity contribution in [2.24, 2.45) is 0 Å². The Hall–Kier alpha value is -1.91. The van der Waals surface area contributed by atoms with E-state index < -0.39 is 0 Å². The maximum Gasteiger partial charge on any atom is 0.270 e. The number of hydrogen-bond acceptors (Lipinski definition) is 4. The molecule has 0 radical (unpaired) electrons. The first-order valence-electron chi connectivity index (χ1n) is 9.79. The van der Waals surface area contributed by atoms with Crippen molar-refractivity contribution >= 4 is 11.7 Å². The van der Waals surface area contributed by atoms with Crippen LogP contribution in [0.3, 0.4) is 0 Å². The highest BCUT2D eigenvalue weighted by Gasteiger charge is 2.18. The molecule has 1 heterocycles. The number of rotatable bonds is 6. The van der Waals surface area contributed by atoms with Crippen LogP contribution in [-0.4, -0.2) is 28.5 Å². The SMILES string of the molecule is Cc1nc(NCCC2=CCCCC2)cc(C(=O)NC2CCCCC2)n1. The maximum atomic E-state index is 12.5. The van der Waals surface area contributed by atoms with Gasteiger partial charge in [-0.3, -0.25) is 4.79 Å². The van der Waals surface area contributed by atoms with Gasteiger partial charge in [0.2, 0.25) is 0 Å². The number of nitrogens with zero attached hydrogens (tertiary/aromatic N) is 2. The number of aryl methyl sites for hydroxylation is 1. The van der Waals surface area contributed by atoms with E-state index in [1.54, 1.807) is 11.6 Å². The van der Waals surface area contributed by atoms with Crippen LogP contribution in [0.2, 0.25) is 0 Å². The van der Waals surface area contributed by atoms with Crippen molar-refractivity contribution in [3.63, 3.8) is 0 Å². The second-order valence-corrected chi connectivity index (χ2v) is 7.28. The average Bonchev–Trinajstić information content (AvgIpc) is 2.63. The molecule has 5 heteroatoms. The summed E-state index contributed by atoms with van der Waals surface area (Å²) >= 11 is 0. The van der Waals surface area contributed by atoms with Gasteiger partial charge in [-0.25, -0.2) is 9.97 Å². The topological polar surface area (TPSA) is 66.9 Å². The van der Waals surface area contributed by atoms with Crippen LogP contribution in [0.5, 0.6) is 0 Å². The molecule has 0 spiro atoms. The molecule has 5 nitrogen and oxygen atoms in total. The molecule has 2 aliphatic rings. The van der Waals surface area contributed by atoms with Gasteiger partial charge in [0.25, 0.3) is 5.91 Å². The van der Waals surface area contributed by atoms with Gasteiger partial charge in [-0.2, -0.15) is 0 Å². The van der Waals surface area contributed by atoms with Crippen LogP contribution in [-0.2, 0) is 0 Å². The molecule has 3 rings (SSSR count). The number of anilines is 1. The van der Waals surface area contributed by atoms with Crippen LogP contribution in [0.25, 0.3) is 0 Å². The van der Waals surface area contributed by atoms with Crippen LogP contribution in [0.15, 0.2) is 17.7 Å². The van der Waals surface area contributed by atoms with Gasteiger partial charge in [-0.05, 0) is 51.9 Å². The second kappa shape index (κ2) is 8.97. The van der Waals surface area contributed by atoms with E-state index in [9.17, 15) is 4.79 Å². The van der Waals surface area contributed by atoms with Crippen molar-refractivity contribution in [1.82, 2.24) is 15.3 Å². The fraction of sp³-hybridized carbons (Fsp3) is 0.650. The zero-order valence-electron chi connectivity index (χ0n) is 15.3. The molecule has 1 aromatic rings. The Morgan fingerprint density at radius 3 is 2.76 bits per heavy atom. The summed E-state index contributed by atoms with van der Waals surface area (Å²) < 4.78 is 0. The van der Waals surface area contributed by atoms with E-state index in [0.717, 1.165) is 31.6 Å². The molecule has 136 valence electrons. The van der Waals surface area contributed by atoms with Gasteiger partial charge < -0.3 is 10.6 Å². The number of amides is 1. The summed E-state index contributed by atoms with van der Waals surface area (Å²) in [6, 6.07) is 2.08. The molecule has 0 aromatic carbocycles. The Morgan fingerprint density at radius 2 is 2.00 bits per heavy atom. The van der Waals surface area contributed by atoms with Crippen molar-refractivity contribution in [1.29, 1.82) is 0 Å². The molecule has 0 saturated heterocycles. The highest BCUT2D eigenvalue weighted by Crippen LogP contribution is 2.20. The summed E-state index contributed by atoms with van der Waals surface area (Å²) in [4.78, 5) is 21.2. The molecular weight excluding hydrogens is 312 g/mol. The van der Waals surface area contributed by atoms with Crippen molar-refractivity contribution in [3.8, 4) is 0 Å². The minimum atomic E-state index is -0.0737. The summed E-state index contributed by atoms with van der Waals surface area (Å²) in [7, 11) is 0. The maximum absolute atomic E-state index is 12.5. The van der Waals surface area contributed by atoms with E-state index in [2.05, 4.69) is 26.7 Å². The zero-order chi connectivity index (χ0) is 17.5. The van der Waals surface area contributed by atoms with E-state index in [4.69, 9.17) is 0 Å². The van der Waals surface area contributed by atoms with Crippen molar-refractivity contribution in [3.05, 3.63) is 29.2 Å². The largest absolute Gasteiger partial charge is 0.370 e. The number of nitrogens with one attached hydrogen (secondary N) is 2. The molecule has 2 aliphatic carbocycles. The number of aromatic nitrogens is 2. The van der Waals surface area contributed by atoms with Crippen LogP contribution in [0, 0.1) is 6.92 Å². The zero-order valence-corrected chi connectivity index (χ0v) is 15.3. The van der Waals surface area contributed by atoms with Crippen molar-refractivity contribution < 1.29 is 4.79 Å². The minimum Gasteiger partial charge on any atom is -0.370 e. The fourth-order valence-electron chi connectivity index (χ4n) is 3.76. The minimum absolute atomic E-state index is 0.0737.